The average Bonchev–Trinajstić information content (AvgIpc) is 3.07. The topological polar surface area (TPSA) is 159 Å². The first kappa shape index (κ1) is 19.6. The van der Waals surface area contributed by atoms with E-state index in [2.05, 4.69) is 20.4 Å². The average molecular weight is 371 g/mol. The third-order valence-electron chi connectivity index (χ3n) is 4.00. The minimum atomic E-state index is -3.76. The highest BCUT2D eigenvalue weighted by molar-refractivity contribution is 7.57. The van der Waals surface area contributed by atoms with Gasteiger partial charge in [0.1, 0.15) is 6.04 Å². The van der Waals surface area contributed by atoms with Crippen LogP contribution >= 0.6 is 7.59 Å². The monoisotopic (exact) mass is 371 g/mol. The van der Waals surface area contributed by atoms with Crippen LogP contribution in [-0.2, 0) is 20.6 Å². The number of hydrogen-bond acceptors (Lipinski definition) is 5. The van der Waals surface area contributed by atoms with Crippen molar-refractivity contribution in [2.45, 2.75) is 44.7 Å². The lowest BCUT2D eigenvalue weighted by Gasteiger charge is -2.36. The predicted molar refractivity (Wildman–Crippen MR) is 93.2 cm³/mol. The Morgan fingerprint density at radius 2 is 2.36 bits per heavy atom. The summed E-state index contributed by atoms with van der Waals surface area (Å²) in [6.45, 7) is 2.67. The number of nitrogens with one attached hydrogen (secondary N) is 3. The zero-order chi connectivity index (χ0) is 18.4. The molecule has 140 valence electrons. The second-order valence-electron chi connectivity index (χ2n) is 6.09. The van der Waals surface area contributed by atoms with Crippen LogP contribution in [0.5, 0.6) is 0 Å². The molecule has 0 radical (unpaired) electrons. The summed E-state index contributed by atoms with van der Waals surface area (Å²) in [6.07, 6.45) is 5.19. The van der Waals surface area contributed by atoms with Crippen LogP contribution in [0.3, 0.4) is 0 Å². The zero-order valence-corrected chi connectivity index (χ0v) is 15.2. The first-order valence-corrected chi connectivity index (χ1v) is 10.1. The molecule has 0 spiro atoms. The summed E-state index contributed by atoms with van der Waals surface area (Å²) >= 11 is 0. The number of rotatable bonds is 8. The Morgan fingerprint density at radius 3 is 3.00 bits per heavy atom. The van der Waals surface area contributed by atoms with E-state index in [0.29, 0.717) is 25.1 Å². The van der Waals surface area contributed by atoms with Crippen molar-refractivity contribution in [1.29, 1.82) is 0 Å². The minimum absolute atomic E-state index is 0.213. The lowest BCUT2D eigenvalue weighted by atomic mass is 10.1. The van der Waals surface area contributed by atoms with Crippen LogP contribution in [0.15, 0.2) is 12.5 Å². The third kappa shape index (κ3) is 5.12. The molecular formula is C14H26N7O3P. The fourth-order valence-corrected chi connectivity index (χ4v) is 4.33. The van der Waals surface area contributed by atoms with E-state index in [1.807, 2.05) is 6.92 Å². The number of hydrogen-bond donors (Lipinski definition) is 5. The zero-order valence-electron chi connectivity index (χ0n) is 14.3. The summed E-state index contributed by atoms with van der Waals surface area (Å²) in [5.41, 5.74) is 12.4. The molecule has 11 heteroatoms. The van der Waals surface area contributed by atoms with Gasteiger partial charge in [0, 0.05) is 31.4 Å². The van der Waals surface area contributed by atoms with Crippen LogP contribution < -0.4 is 21.6 Å². The minimum Gasteiger partial charge on any atom is -0.355 e. The second-order valence-corrected chi connectivity index (χ2v) is 8.07. The van der Waals surface area contributed by atoms with E-state index in [0.717, 1.165) is 11.1 Å². The molecule has 7 N–H and O–H groups in total. The van der Waals surface area contributed by atoms with Crippen molar-refractivity contribution in [1.82, 2.24) is 25.0 Å². The summed E-state index contributed by atoms with van der Waals surface area (Å²) < 4.78 is 14.0. The summed E-state index contributed by atoms with van der Waals surface area (Å²) in [5.74, 6) is -0.797. The van der Waals surface area contributed by atoms with Crippen molar-refractivity contribution >= 4 is 19.4 Å². The highest BCUT2D eigenvalue weighted by atomic mass is 31.2. The van der Waals surface area contributed by atoms with E-state index < -0.39 is 25.6 Å². The van der Waals surface area contributed by atoms with Gasteiger partial charge in [-0.25, -0.2) is 10.1 Å². The Morgan fingerprint density at radius 1 is 1.60 bits per heavy atom. The summed E-state index contributed by atoms with van der Waals surface area (Å²) in [6, 6.07) is -1.58. The molecule has 0 saturated carbocycles. The standard InChI is InChI=1S/C14H26N7O3P/c1-2-5-18-13(22)12(7-10-8-17-9-19-10)20-25(16,24)21-6-3-4-11(15)14(21)23/h8-9,11-12H,2-7,15H2,1H3,(H,17,19)(H,18,22)(H3,16,20,24)/t11-,12?,25?/m0/s1. The number of carbonyl (C=O) groups excluding carboxylic acids is 2. The van der Waals surface area contributed by atoms with Crippen molar-refractivity contribution in [3.8, 4) is 0 Å². The fourth-order valence-electron chi connectivity index (χ4n) is 2.66. The quantitative estimate of drug-likeness (QED) is 0.383. The lowest BCUT2D eigenvalue weighted by Crippen LogP contribution is -2.53. The highest BCUT2D eigenvalue weighted by Gasteiger charge is 2.39. The van der Waals surface area contributed by atoms with E-state index in [1.165, 1.54) is 6.33 Å². The van der Waals surface area contributed by atoms with Gasteiger partial charge in [-0.05, 0) is 19.3 Å². The highest BCUT2D eigenvalue weighted by Crippen LogP contribution is 2.40. The number of carbonyl (C=O) groups is 2. The van der Waals surface area contributed by atoms with Gasteiger partial charge in [-0.3, -0.25) is 24.3 Å². The van der Waals surface area contributed by atoms with Crippen LogP contribution in [0.4, 0.5) is 0 Å². The van der Waals surface area contributed by atoms with E-state index in [1.54, 1.807) is 6.20 Å². The number of amides is 2. The van der Waals surface area contributed by atoms with Gasteiger partial charge < -0.3 is 16.0 Å². The van der Waals surface area contributed by atoms with Gasteiger partial charge in [-0.2, -0.15) is 0 Å². The number of aromatic amines is 1. The maximum Gasteiger partial charge on any atom is 0.306 e. The second kappa shape index (κ2) is 8.57. The maximum atomic E-state index is 13.0. The van der Waals surface area contributed by atoms with Gasteiger partial charge in [0.05, 0.1) is 12.4 Å². The lowest BCUT2D eigenvalue weighted by molar-refractivity contribution is -0.130. The molecule has 10 nitrogen and oxygen atoms in total. The SMILES string of the molecule is CCCNC(=O)C(Cc1cnc[nH]1)NP(N)(=O)N1CCC[C@H](N)C1=O. The Hall–Kier alpha value is -1.74. The van der Waals surface area contributed by atoms with Gasteiger partial charge in [-0.15, -0.1) is 0 Å². The fraction of sp³-hybridized carbons (Fsp3) is 0.643. The summed E-state index contributed by atoms with van der Waals surface area (Å²) in [4.78, 5) is 31.4. The molecule has 1 fully saturated rings. The largest absolute Gasteiger partial charge is 0.355 e. The number of aromatic nitrogens is 2. The van der Waals surface area contributed by atoms with Gasteiger partial charge in [-0.1, -0.05) is 6.92 Å². The molecule has 0 aromatic carbocycles. The predicted octanol–water partition coefficient (Wildman–Crippen LogP) is -0.547. The third-order valence-corrected chi connectivity index (χ3v) is 5.80. The van der Waals surface area contributed by atoms with Crippen LogP contribution in [0.2, 0.25) is 0 Å². The first-order chi connectivity index (χ1) is 11.8. The Kier molecular flexibility index (Phi) is 6.71. The van der Waals surface area contributed by atoms with Crippen LogP contribution in [0.1, 0.15) is 31.9 Å². The van der Waals surface area contributed by atoms with Crippen LogP contribution in [0.25, 0.3) is 0 Å². The number of imidazole rings is 1. The van der Waals surface area contributed by atoms with Crippen molar-refractivity contribution < 1.29 is 14.2 Å². The molecule has 1 aromatic heterocycles. The maximum absolute atomic E-state index is 13.0. The van der Waals surface area contributed by atoms with Gasteiger partial charge in [0.15, 0.2) is 0 Å². The van der Waals surface area contributed by atoms with Crippen molar-refractivity contribution in [3.63, 3.8) is 0 Å². The van der Waals surface area contributed by atoms with Crippen molar-refractivity contribution in [2.75, 3.05) is 13.1 Å². The van der Waals surface area contributed by atoms with Crippen LogP contribution in [-0.4, -0.2) is 51.6 Å². The van der Waals surface area contributed by atoms with E-state index in [9.17, 15) is 14.2 Å². The molecule has 1 aromatic rings. The number of H-pyrrole nitrogens is 1. The molecule has 2 heterocycles. The molecule has 2 unspecified atom stereocenters. The van der Waals surface area contributed by atoms with Gasteiger partial charge >= 0.3 is 7.59 Å². The Labute approximate surface area is 146 Å². The molecule has 1 aliphatic rings. The number of nitrogens with zero attached hydrogens (tertiary/aromatic N) is 2. The van der Waals surface area contributed by atoms with E-state index >= 15 is 0 Å². The molecule has 0 aliphatic carbocycles. The molecule has 2 rings (SSSR count). The normalized spacial score (nSPS) is 21.6. The molecular weight excluding hydrogens is 345 g/mol. The number of piperidine rings is 1. The van der Waals surface area contributed by atoms with E-state index in [4.69, 9.17) is 11.2 Å². The molecule has 25 heavy (non-hydrogen) atoms. The smallest absolute Gasteiger partial charge is 0.306 e. The first-order valence-electron chi connectivity index (χ1n) is 8.34. The van der Waals surface area contributed by atoms with Crippen LogP contribution in [0, 0.1) is 0 Å². The van der Waals surface area contributed by atoms with Gasteiger partial charge in [0.2, 0.25) is 11.8 Å². The van der Waals surface area contributed by atoms with E-state index in [-0.39, 0.29) is 18.9 Å². The molecule has 2 amide bonds. The van der Waals surface area contributed by atoms with Crippen molar-refractivity contribution in [2.24, 2.45) is 11.2 Å². The Bertz CT molecular complexity index is 636. The molecule has 1 aliphatic heterocycles. The number of nitrogens with two attached hydrogens (primary N) is 2. The molecule has 0 bridgehead atoms. The van der Waals surface area contributed by atoms with Crippen molar-refractivity contribution in [3.05, 3.63) is 18.2 Å². The summed E-state index contributed by atoms with van der Waals surface area (Å²) in [7, 11) is -3.76. The Balaban J connectivity index is 2.14. The van der Waals surface area contributed by atoms with Gasteiger partial charge in [0.25, 0.3) is 0 Å². The molecule has 1 saturated heterocycles. The molecule has 3 atom stereocenters. The summed E-state index contributed by atoms with van der Waals surface area (Å²) in [5, 5.41) is 5.43.